The molecule has 1 aromatic rings. The van der Waals surface area contributed by atoms with E-state index in [-0.39, 0.29) is 5.92 Å². The van der Waals surface area contributed by atoms with E-state index in [1.807, 2.05) is 6.07 Å². The van der Waals surface area contributed by atoms with Gasteiger partial charge in [0.15, 0.2) is 11.5 Å². The highest BCUT2D eigenvalue weighted by Gasteiger charge is 2.31. The Bertz CT molecular complexity index is 564. The van der Waals surface area contributed by atoms with Gasteiger partial charge in [-0.05, 0) is 59.3 Å². The summed E-state index contributed by atoms with van der Waals surface area (Å²) in [5, 5.41) is 9.37. The quantitative estimate of drug-likeness (QED) is 0.885. The molecule has 1 heterocycles. The maximum absolute atomic E-state index is 11.4. The number of aliphatic carboxylic acids is 1. The monoisotopic (exact) mass is 356 g/mol. The summed E-state index contributed by atoms with van der Waals surface area (Å²) in [6.07, 6.45) is 0.449. The lowest BCUT2D eigenvalue weighted by molar-refractivity contribution is -0.146. The predicted octanol–water partition coefficient (Wildman–Crippen LogP) is 4.00. The molecule has 0 spiro atoms. The van der Waals surface area contributed by atoms with Gasteiger partial charge in [-0.2, -0.15) is 0 Å². The van der Waals surface area contributed by atoms with E-state index in [0.29, 0.717) is 25.4 Å². The molecule has 1 aromatic carbocycles. The summed E-state index contributed by atoms with van der Waals surface area (Å²) in [4.78, 5) is 11.4. The van der Waals surface area contributed by atoms with E-state index in [1.165, 1.54) is 0 Å². The summed E-state index contributed by atoms with van der Waals surface area (Å²) in [5.74, 6) is 0.869. The van der Waals surface area contributed by atoms with Gasteiger partial charge in [0.2, 0.25) is 0 Å². The second-order valence-corrected chi connectivity index (χ2v) is 7.10. The van der Waals surface area contributed by atoms with Gasteiger partial charge in [-0.25, -0.2) is 0 Å². The van der Waals surface area contributed by atoms with Crippen LogP contribution in [0.4, 0.5) is 0 Å². The van der Waals surface area contributed by atoms with Crippen LogP contribution in [0.2, 0.25) is 0 Å². The molecule has 0 amide bonds. The van der Waals surface area contributed by atoms with Crippen LogP contribution in [0, 0.1) is 5.41 Å². The number of fused-ring (bicyclic) bond motifs is 1. The number of carboxylic acids is 1. The van der Waals surface area contributed by atoms with Gasteiger partial charge >= 0.3 is 5.97 Å². The molecular weight excluding hydrogens is 336 g/mol. The molecule has 0 aromatic heterocycles. The molecule has 0 aliphatic carbocycles. The smallest absolute Gasteiger partial charge is 0.309 e. The molecule has 0 saturated heterocycles. The van der Waals surface area contributed by atoms with Crippen molar-refractivity contribution in [2.24, 2.45) is 5.41 Å². The number of carbonyl (C=O) groups is 1. The Hall–Kier alpha value is -1.23. The first-order valence-corrected chi connectivity index (χ1v) is 7.87. The minimum Gasteiger partial charge on any atom is -0.486 e. The number of carboxylic acid groups (broad SMARTS) is 1. The molecule has 0 fully saturated rings. The molecule has 116 valence electrons. The molecule has 4 nitrogen and oxygen atoms in total. The molecule has 0 saturated carbocycles. The number of halogens is 1. The van der Waals surface area contributed by atoms with Crippen LogP contribution in [0.3, 0.4) is 0 Å². The Labute approximate surface area is 133 Å². The zero-order valence-electron chi connectivity index (χ0n) is 12.8. The van der Waals surface area contributed by atoms with Crippen LogP contribution >= 0.6 is 15.9 Å². The van der Waals surface area contributed by atoms with Crippen molar-refractivity contribution in [3.63, 3.8) is 0 Å². The van der Waals surface area contributed by atoms with Gasteiger partial charge in [0.1, 0.15) is 13.2 Å². The van der Waals surface area contributed by atoms with Crippen LogP contribution in [-0.4, -0.2) is 24.3 Å². The molecule has 0 atom stereocenters. The standard InChI is InChI=1S/C16H21BrO4/c1-9(2)12-10(8-16(3,4)15(18)19)7-11-14(13(12)17)21-6-5-20-11/h7,9H,5-6,8H2,1-4H3,(H,18,19). The fourth-order valence-corrected chi connectivity index (χ4v) is 3.55. The maximum atomic E-state index is 11.4. The molecule has 1 aliphatic rings. The lowest BCUT2D eigenvalue weighted by atomic mass is 9.82. The lowest BCUT2D eigenvalue weighted by Crippen LogP contribution is -2.27. The van der Waals surface area contributed by atoms with E-state index < -0.39 is 11.4 Å². The first-order chi connectivity index (χ1) is 9.74. The van der Waals surface area contributed by atoms with Crippen LogP contribution in [-0.2, 0) is 11.2 Å². The Morgan fingerprint density at radius 1 is 1.38 bits per heavy atom. The fourth-order valence-electron chi connectivity index (χ4n) is 2.53. The number of hydrogen-bond acceptors (Lipinski definition) is 3. The van der Waals surface area contributed by atoms with Crippen LogP contribution < -0.4 is 9.47 Å². The first-order valence-electron chi connectivity index (χ1n) is 7.08. The van der Waals surface area contributed by atoms with Crippen molar-refractivity contribution < 1.29 is 19.4 Å². The summed E-state index contributed by atoms with van der Waals surface area (Å²) in [5.41, 5.74) is 1.26. The summed E-state index contributed by atoms with van der Waals surface area (Å²) < 4.78 is 12.2. The molecule has 1 N–H and O–H groups in total. The molecule has 0 unspecified atom stereocenters. The van der Waals surface area contributed by atoms with Gasteiger partial charge in [0, 0.05) is 0 Å². The topological polar surface area (TPSA) is 55.8 Å². The van der Waals surface area contributed by atoms with Gasteiger partial charge in [-0.15, -0.1) is 0 Å². The third kappa shape index (κ3) is 3.18. The summed E-state index contributed by atoms with van der Waals surface area (Å²) in [6, 6.07) is 1.93. The Balaban J connectivity index is 2.54. The van der Waals surface area contributed by atoms with Crippen LogP contribution in [0.25, 0.3) is 0 Å². The highest BCUT2D eigenvalue weighted by atomic mass is 79.9. The predicted molar refractivity (Wildman–Crippen MR) is 84.3 cm³/mol. The van der Waals surface area contributed by atoms with Crippen molar-refractivity contribution in [3.05, 3.63) is 21.7 Å². The maximum Gasteiger partial charge on any atom is 0.309 e. The van der Waals surface area contributed by atoms with Crippen LogP contribution in [0.15, 0.2) is 10.5 Å². The fraction of sp³-hybridized carbons (Fsp3) is 0.562. The van der Waals surface area contributed by atoms with Crippen molar-refractivity contribution in [2.75, 3.05) is 13.2 Å². The average molecular weight is 357 g/mol. The van der Waals surface area contributed by atoms with Crippen molar-refractivity contribution in [2.45, 2.75) is 40.0 Å². The van der Waals surface area contributed by atoms with E-state index in [1.54, 1.807) is 13.8 Å². The first kappa shape index (κ1) is 16.1. The zero-order chi connectivity index (χ0) is 15.8. The third-order valence-corrected chi connectivity index (χ3v) is 4.47. The van der Waals surface area contributed by atoms with E-state index >= 15 is 0 Å². The van der Waals surface area contributed by atoms with E-state index in [2.05, 4.69) is 29.8 Å². The SMILES string of the molecule is CC(C)c1c(CC(C)(C)C(=O)O)cc2c(c1Br)OCCO2. The minimum atomic E-state index is -0.827. The second-order valence-electron chi connectivity index (χ2n) is 6.31. The van der Waals surface area contributed by atoms with Gasteiger partial charge in [0.05, 0.1) is 9.89 Å². The molecular formula is C16H21BrO4. The average Bonchev–Trinajstić information content (AvgIpc) is 2.37. The molecule has 2 rings (SSSR count). The summed E-state index contributed by atoms with van der Waals surface area (Å²) >= 11 is 3.61. The number of rotatable bonds is 4. The van der Waals surface area contributed by atoms with Crippen molar-refractivity contribution in [3.8, 4) is 11.5 Å². The van der Waals surface area contributed by atoms with Gasteiger partial charge in [0.25, 0.3) is 0 Å². The van der Waals surface area contributed by atoms with Crippen molar-refractivity contribution in [1.82, 2.24) is 0 Å². The lowest BCUT2D eigenvalue weighted by Gasteiger charge is -2.27. The third-order valence-electron chi connectivity index (χ3n) is 3.69. The minimum absolute atomic E-state index is 0.259. The molecule has 1 aliphatic heterocycles. The number of hydrogen-bond donors (Lipinski definition) is 1. The second kappa shape index (κ2) is 5.87. The van der Waals surface area contributed by atoms with E-state index in [0.717, 1.165) is 21.3 Å². The summed E-state index contributed by atoms with van der Waals surface area (Å²) in [6.45, 7) is 8.71. The van der Waals surface area contributed by atoms with Gasteiger partial charge in [-0.3, -0.25) is 4.79 Å². The highest BCUT2D eigenvalue weighted by Crippen LogP contribution is 2.45. The van der Waals surface area contributed by atoms with Crippen LogP contribution in [0.5, 0.6) is 11.5 Å². The largest absolute Gasteiger partial charge is 0.486 e. The zero-order valence-corrected chi connectivity index (χ0v) is 14.4. The Kier molecular flexibility index (Phi) is 4.51. The molecule has 0 bridgehead atoms. The van der Waals surface area contributed by atoms with Crippen LogP contribution in [0.1, 0.15) is 44.7 Å². The van der Waals surface area contributed by atoms with Gasteiger partial charge in [-0.1, -0.05) is 13.8 Å². The van der Waals surface area contributed by atoms with Crippen molar-refractivity contribution in [1.29, 1.82) is 0 Å². The molecule has 0 radical (unpaired) electrons. The molecule has 21 heavy (non-hydrogen) atoms. The number of ether oxygens (including phenoxy) is 2. The molecule has 5 heteroatoms. The van der Waals surface area contributed by atoms with Gasteiger partial charge < -0.3 is 14.6 Å². The highest BCUT2D eigenvalue weighted by molar-refractivity contribution is 9.10. The number of benzene rings is 1. The summed E-state index contributed by atoms with van der Waals surface area (Å²) in [7, 11) is 0. The van der Waals surface area contributed by atoms with Crippen molar-refractivity contribution >= 4 is 21.9 Å². The van der Waals surface area contributed by atoms with E-state index in [9.17, 15) is 9.90 Å². The van der Waals surface area contributed by atoms with E-state index in [4.69, 9.17) is 9.47 Å². The Morgan fingerprint density at radius 2 is 2.00 bits per heavy atom. The Morgan fingerprint density at radius 3 is 2.57 bits per heavy atom. The normalized spacial score (nSPS) is 14.4.